The smallest absolute Gasteiger partial charge is 0.344 e. The zero-order chi connectivity index (χ0) is 21.4. The van der Waals surface area contributed by atoms with Crippen molar-refractivity contribution in [2.24, 2.45) is 5.10 Å². The number of aryl methyl sites for hydroxylation is 2. The highest BCUT2D eigenvalue weighted by molar-refractivity contribution is 7.99. The lowest BCUT2D eigenvalue weighted by Crippen LogP contribution is -2.24. The summed E-state index contributed by atoms with van der Waals surface area (Å²) in [6.45, 7) is 5.13. The maximum Gasteiger partial charge on any atom is 0.344 e. The molecule has 1 amide bonds. The molecule has 0 radical (unpaired) electrons. The van der Waals surface area contributed by atoms with E-state index >= 15 is 0 Å². The number of aromatic nitrogens is 2. The first-order valence-corrected chi connectivity index (χ1v) is 9.62. The number of aliphatic carboxylic acids is 1. The van der Waals surface area contributed by atoms with Crippen LogP contribution in [-0.2, 0) is 9.59 Å². The molecule has 2 rings (SSSR count). The minimum atomic E-state index is -1.11. The fraction of sp³-hybridized carbons (Fsp3) is 0.316. The number of hydrogen-bond donors (Lipinski definition) is 2. The van der Waals surface area contributed by atoms with Crippen LogP contribution < -0.4 is 14.9 Å². The molecule has 0 saturated heterocycles. The maximum absolute atomic E-state index is 12.0. The second kappa shape index (κ2) is 10.4. The number of carboxylic acid groups (broad SMARTS) is 1. The number of nitrogens with one attached hydrogen (secondary N) is 1. The molecule has 0 spiro atoms. The number of nitrogens with zero attached hydrogens (tertiary/aromatic N) is 3. The number of carbonyl (C=O) groups is 2. The van der Waals surface area contributed by atoms with Gasteiger partial charge in [-0.3, -0.25) is 4.79 Å². The lowest BCUT2D eigenvalue weighted by Gasteiger charge is -2.15. The first-order chi connectivity index (χ1) is 13.8. The number of carbonyl (C=O) groups excluding carboxylic acids is 1. The summed E-state index contributed by atoms with van der Waals surface area (Å²) in [7, 11) is 1.45. The van der Waals surface area contributed by atoms with Gasteiger partial charge >= 0.3 is 5.97 Å². The lowest BCUT2D eigenvalue weighted by atomic mass is 10.2. The fourth-order valence-corrected chi connectivity index (χ4v) is 2.98. The summed E-state index contributed by atoms with van der Waals surface area (Å²) in [5, 5.41) is 13.5. The van der Waals surface area contributed by atoms with Gasteiger partial charge in [0.2, 0.25) is 0 Å². The van der Waals surface area contributed by atoms with Crippen LogP contribution in [0.3, 0.4) is 0 Å². The van der Waals surface area contributed by atoms with Crippen molar-refractivity contribution in [1.82, 2.24) is 15.4 Å². The zero-order valence-corrected chi connectivity index (χ0v) is 17.3. The number of hydrogen-bond acceptors (Lipinski definition) is 8. The van der Waals surface area contributed by atoms with Gasteiger partial charge in [-0.1, -0.05) is 17.8 Å². The fourth-order valence-electron chi connectivity index (χ4n) is 2.24. The highest BCUT2D eigenvalue weighted by Crippen LogP contribution is 2.31. The van der Waals surface area contributed by atoms with Gasteiger partial charge in [0.05, 0.1) is 19.1 Å². The Morgan fingerprint density at radius 1 is 1.31 bits per heavy atom. The van der Waals surface area contributed by atoms with Gasteiger partial charge in [-0.15, -0.1) is 0 Å². The van der Waals surface area contributed by atoms with E-state index in [4.69, 9.17) is 14.6 Å². The van der Waals surface area contributed by atoms with Crippen molar-refractivity contribution in [1.29, 1.82) is 0 Å². The molecular formula is C19H22N4O5S. The Labute approximate surface area is 172 Å². The minimum absolute atomic E-state index is 0.0950. The van der Waals surface area contributed by atoms with Crippen LogP contribution in [-0.4, -0.2) is 52.1 Å². The van der Waals surface area contributed by atoms with Crippen molar-refractivity contribution in [2.75, 3.05) is 12.9 Å². The number of methoxy groups -OCH3 is 1. The average Bonchev–Trinajstić information content (AvgIpc) is 2.66. The van der Waals surface area contributed by atoms with Crippen molar-refractivity contribution < 1.29 is 24.2 Å². The Morgan fingerprint density at radius 3 is 2.62 bits per heavy atom. The Bertz CT molecular complexity index is 899. The maximum atomic E-state index is 12.0. The van der Waals surface area contributed by atoms with E-state index < -0.39 is 12.1 Å². The summed E-state index contributed by atoms with van der Waals surface area (Å²) >= 11 is 1.21. The topological polar surface area (TPSA) is 123 Å². The predicted octanol–water partition coefficient (Wildman–Crippen LogP) is 2.20. The lowest BCUT2D eigenvalue weighted by molar-refractivity contribution is -0.144. The Morgan fingerprint density at radius 2 is 2.00 bits per heavy atom. The Kier molecular flexibility index (Phi) is 7.96. The molecular weight excluding hydrogens is 396 g/mol. The molecule has 0 unspecified atom stereocenters. The highest BCUT2D eigenvalue weighted by Gasteiger charge is 2.18. The van der Waals surface area contributed by atoms with E-state index in [1.54, 1.807) is 18.2 Å². The molecule has 2 N–H and O–H groups in total. The van der Waals surface area contributed by atoms with Gasteiger partial charge in [-0.2, -0.15) is 5.10 Å². The molecule has 1 aromatic carbocycles. The van der Waals surface area contributed by atoms with Gasteiger partial charge in [0.1, 0.15) is 0 Å². The van der Waals surface area contributed by atoms with Crippen LogP contribution in [0.2, 0.25) is 0 Å². The molecule has 1 aromatic heterocycles. The first-order valence-electron chi connectivity index (χ1n) is 8.63. The van der Waals surface area contributed by atoms with Gasteiger partial charge < -0.3 is 14.6 Å². The number of benzene rings is 1. The summed E-state index contributed by atoms with van der Waals surface area (Å²) in [5.41, 5.74) is 4.54. The van der Waals surface area contributed by atoms with Gasteiger partial charge in [0, 0.05) is 17.0 Å². The highest BCUT2D eigenvalue weighted by atomic mass is 32.2. The zero-order valence-electron chi connectivity index (χ0n) is 16.5. The van der Waals surface area contributed by atoms with E-state index in [1.807, 2.05) is 19.9 Å². The molecule has 0 aliphatic rings. The predicted molar refractivity (Wildman–Crippen MR) is 109 cm³/mol. The third-order valence-corrected chi connectivity index (χ3v) is 4.41. The monoisotopic (exact) mass is 418 g/mol. The number of hydrazone groups is 1. The van der Waals surface area contributed by atoms with E-state index in [9.17, 15) is 9.59 Å². The van der Waals surface area contributed by atoms with E-state index in [-0.39, 0.29) is 17.4 Å². The molecule has 0 saturated carbocycles. The summed E-state index contributed by atoms with van der Waals surface area (Å²) in [6, 6.07) is 6.86. The molecule has 0 aliphatic heterocycles. The van der Waals surface area contributed by atoms with Crippen molar-refractivity contribution >= 4 is 29.9 Å². The second-order valence-electron chi connectivity index (χ2n) is 5.99. The molecule has 2 aromatic rings. The SMILES string of the molecule is COc1cccc(/C=N\NC(=O)CSc2nc(C)cc(C)n2)c1O[C@H](C)C(=O)O. The average molecular weight is 418 g/mol. The van der Waals surface area contributed by atoms with Crippen LogP contribution in [0.5, 0.6) is 11.5 Å². The number of rotatable bonds is 9. The number of thioether (sulfide) groups is 1. The second-order valence-corrected chi connectivity index (χ2v) is 6.93. The number of ether oxygens (including phenoxy) is 2. The minimum Gasteiger partial charge on any atom is -0.493 e. The number of carboxylic acids is 1. The van der Waals surface area contributed by atoms with E-state index in [2.05, 4.69) is 20.5 Å². The van der Waals surface area contributed by atoms with Crippen LogP contribution in [0.15, 0.2) is 34.5 Å². The Balaban J connectivity index is 2.01. The molecule has 0 bridgehead atoms. The molecule has 0 fully saturated rings. The summed E-state index contributed by atoms with van der Waals surface area (Å²) in [5.74, 6) is -0.773. The largest absolute Gasteiger partial charge is 0.493 e. The van der Waals surface area contributed by atoms with Gasteiger partial charge in [-0.05, 0) is 39.0 Å². The van der Waals surface area contributed by atoms with Crippen molar-refractivity contribution in [3.63, 3.8) is 0 Å². The molecule has 154 valence electrons. The molecule has 1 heterocycles. The normalized spacial score (nSPS) is 11.9. The quantitative estimate of drug-likeness (QED) is 0.275. The van der Waals surface area contributed by atoms with Crippen molar-refractivity contribution in [3.05, 3.63) is 41.2 Å². The molecule has 0 aliphatic carbocycles. The van der Waals surface area contributed by atoms with Crippen molar-refractivity contribution in [2.45, 2.75) is 32.0 Å². The van der Waals surface area contributed by atoms with E-state index in [0.717, 1.165) is 11.4 Å². The van der Waals surface area contributed by atoms with Gasteiger partial charge in [0.15, 0.2) is 22.8 Å². The standard InChI is InChI=1S/C19H22N4O5S/c1-11-8-12(2)22-19(21-11)29-10-16(24)23-20-9-14-6-5-7-15(27-4)17(14)28-13(3)18(25)26/h5-9,13H,10H2,1-4H3,(H,23,24)(H,25,26)/b20-9-/t13-/m1/s1. The van der Waals surface area contributed by atoms with E-state index in [0.29, 0.717) is 16.5 Å². The molecule has 29 heavy (non-hydrogen) atoms. The summed E-state index contributed by atoms with van der Waals surface area (Å²) in [6.07, 6.45) is 0.282. The van der Waals surface area contributed by atoms with Gasteiger partial charge in [0.25, 0.3) is 5.91 Å². The summed E-state index contributed by atoms with van der Waals surface area (Å²) in [4.78, 5) is 31.6. The number of amides is 1. The van der Waals surface area contributed by atoms with Crippen LogP contribution >= 0.6 is 11.8 Å². The van der Waals surface area contributed by atoms with Crippen LogP contribution in [0, 0.1) is 13.8 Å². The summed E-state index contributed by atoms with van der Waals surface area (Å²) < 4.78 is 10.7. The van der Waals surface area contributed by atoms with Crippen LogP contribution in [0.25, 0.3) is 0 Å². The third kappa shape index (κ3) is 6.75. The van der Waals surface area contributed by atoms with Crippen LogP contribution in [0.1, 0.15) is 23.9 Å². The molecule has 10 heteroatoms. The van der Waals surface area contributed by atoms with Gasteiger partial charge in [-0.25, -0.2) is 20.2 Å². The van der Waals surface area contributed by atoms with Crippen LogP contribution in [0.4, 0.5) is 0 Å². The number of para-hydroxylation sites is 1. The van der Waals surface area contributed by atoms with Crippen molar-refractivity contribution in [3.8, 4) is 11.5 Å². The first kappa shape index (κ1) is 22.2. The third-order valence-electron chi connectivity index (χ3n) is 3.56. The molecule has 9 nitrogen and oxygen atoms in total. The Hall–Kier alpha value is -3.14. The molecule has 1 atom stereocenters. The van der Waals surface area contributed by atoms with E-state index in [1.165, 1.54) is 32.0 Å².